The molecule has 318 valence electrons. The number of aromatic nitrogens is 5. The molecule has 2 saturated heterocycles. The van der Waals surface area contributed by atoms with Crippen molar-refractivity contribution in [1.29, 1.82) is 0 Å². The zero-order chi connectivity index (χ0) is 42.7. The molecule has 9 rings (SSSR count). The number of amides is 4. The smallest absolute Gasteiger partial charge is 0.407 e. The van der Waals surface area contributed by atoms with Gasteiger partial charge in [-0.2, -0.15) is 0 Å². The summed E-state index contributed by atoms with van der Waals surface area (Å²) in [5, 5.41) is 6.49. The molecule has 15 heteroatoms. The van der Waals surface area contributed by atoms with Crippen LogP contribution in [0.25, 0.3) is 44.5 Å². The fourth-order valence-electron chi connectivity index (χ4n) is 9.13. The molecular formula is C47H49N9O6. The van der Waals surface area contributed by atoms with Crippen LogP contribution in [0.1, 0.15) is 62.3 Å². The number of H-pyrrole nitrogens is 2. The van der Waals surface area contributed by atoms with Crippen molar-refractivity contribution < 1.29 is 28.7 Å². The molecule has 4 atom stereocenters. The van der Waals surface area contributed by atoms with E-state index in [4.69, 9.17) is 24.4 Å². The fraction of sp³-hybridized carbons (Fsp3) is 0.340. The summed E-state index contributed by atoms with van der Waals surface area (Å²) in [7, 11) is 2.59. The van der Waals surface area contributed by atoms with Gasteiger partial charge >= 0.3 is 12.2 Å². The quantitative estimate of drug-likeness (QED) is 0.106. The van der Waals surface area contributed by atoms with E-state index in [1.165, 1.54) is 14.2 Å². The van der Waals surface area contributed by atoms with E-state index in [1.807, 2.05) is 94.8 Å². The second kappa shape index (κ2) is 17.5. The highest BCUT2D eigenvalue weighted by atomic mass is 16.5. The Hall–Kier alpha value is -7.03. The number of pyridine rings is 1. The number of fused-ring (bicyclic) bond motifs is 2. The zero-order valence-electron chi connectivity index (χ0n) is 34.6. The van der Waals surface area contributed by atoms with Gasteiger partial charge in [-0.15, -0.1) is 0 Å². The van der Waals surface area contributed by atoms with Crippen molar-refractivity contribution in [3.63, 3.8) is 0 Å². The maximum Gasteiger partial charge on any atom is 0.407 e. The first kappa shape index (κ1) is 40.4. The molecule has 15 nitrogen and oxygen atoms in total. The highest BCUT2D eigenvalue weighted by molar-refractivity contribution is 5.90. The summed E-state index contributed by atoms with van der Waals surface area (Å²) in [5.74, 6) is 0.510. The van der Waals surface area contributed by atoms with E-state index < -0.39 is 24.3 Å². The van der Waals surface area contributed by atoms with Crippen LogP contribution in [0.3, 0.4) is 0 Å². The van der Waals surface area contributed by atoms with E-state index in [0.29, 0.717) is 24.7 Å². The molecule has 5 heterocycles. The third-order valence-electron chi connectivity index (χ3n) is 12.3. The first-order valence-corrected chi connectivity index (χ1v) is 21.2. The third kappa shape index (κ3) is 8.09. The number of carbonyl (C=O) groups is 4. The van der Waals surface area contributed by atoms with Crippen molar-refractivity contribution in [2.75, 3.05) is 27.3 Å². The van der Waals surface area contributed by atoms with Crippen LogP contribution < -0.4 is 10.6 Å². The molecule has 0 bridgehead atoms. The van der Waals surface area contributed by atoms with Crippen LogP contribution in [0.4, 0.5) is 9.59 Å². The number of alkyl carbamates (subject to hydrolysis) is 2. The number of aromatic amines is 2. The number of likely N-dealkylation sites (tertiary alicyclic amines) is 2. The van der Waals surface area contributed by atoms with Gasteiger partial charge in [-0.25, -0.2) is 24.5 Å². The fourth-order valence-corrected chi connectivity index (χ4v) is 9.13. The molecular weight excluding hydrogens is 787 g/mol. The Morgan fingerprint density at radius 3 is 1.87 bits per heavy atom. The van der Waals surface area contributed by atoms with Gasteiger partial charge < -0.3 is 39.9 Å². The number of nitrogens with one attached hydrogen (secondary N) is 4. The average Bonchev–Trinajstić information content (AvgIpc) is 4.16. The molecule has 2 fully saturated rings. The Balaban J connectivity index is 0.908. The summed E-state index contributed by atoms with van der Waals surface area (Å²) < 4.78 is 9.73. The van der Waals surface area contributed by atoms with Gasteiger partial charge in [0.2, 0.25) is 11.8 Å². The molecule has 4 N–H and O–H groups in total. The van der Waals surface area contributed by atoms with E-state index in [2.05, 4.69) is 32.7 Å². The van der Waals surface area contributed by atoms with Crippen LogP contribution in [-0.2, 0) is 19.1 Å². The average molecular weight is 836 g/mol. The number of ether oxygens (including phenoxy) is 2. The molecule has 2 aliphatic carbocycles. The SMILES string of the molecule is COC(=O)NC(C(=O)N1CCCC1c1ncc(-c2ccc3nc(-c4ccc5nc(C6CCCN6C(=O)C(NC(=O)OC)C6C=CCC=C6)[nH]c5c4)ccc3c2)[nH]1)C1C=CCC=C1. The number of hydrogen-bond donors (Lipinski definition) is 4. The first-order valence-electron chi connectivity index (χ1n) is 21.2. The summed E-state index contributed by atoms with van der Waals surface area (Å²) >= 11 is 0. The monoisotopic (exact) mass is 835 g/mol. The number of benzene rings is 2. The van der Waals surface area contributed by atoms with Gasteiger partial charge in [0.1, 0.15) is 23.7 Å². The second-order valence-electron chi connectivity index (χ2n) is 16.1. The Morgan fingerprint density at radius 1 is 0.677 bits per heavy atom. The second-order valence-corrected chi connectivity index (χ2v) is 16.1. The molecule has 3 aromatic heterocycles. The number of imidazole rings is 2. The predicted octanol–water partition coefficient (Wildman–Crippen LogP) is 7.21. The van der Waals surface area contributed by atoms with Crippen molar-refractivity contribution in [1.82, 2.24) is 45.4 Å². The Labute approximate surface area is 358 Å². The van der Waals surface area contributed by atoms with Gasteiger partial charge in [0.25, 0.3) is 0 Å². The highest BCUT2D eigenvalue weighted by Gasteiger charge is 2.40. The summed E-state index contributed by atoms with van der Waals surface area (Å²) in [5.41, 5.74) is 5.95. The molecule has 4 aliphatic rings. The number of hydrogen-bond acceptors (Lipinski definition) is 9. The van der Waals surface area contributed by atoms with Gasteiger partial charge in [0.05, 0.1) is 60.4 Å². The highest BCUT2D eigenvalue weighted by Crippen LogP contribution is 2.36. The van der Waals surface area contributed by atoms with E-state index >= 15 is 0 Å². The molecule has 0 spiro atoms. The van der Waals surface area contributed by atoms with Crippen molar-refractivity contribution in [3.8, 4) is 22.5 Å². The Bertz CT molecular complexity index is 2620. The van der Waals surface area contributed by atoms with Crippen LogP contribution >= 0.6 is 0 Å². The van der Waals surface area contributed by atoms with Crippen LogP contribution in [-0.4, -0.2) is 98.1 Å². The van der Waals surface area contributed by atoms with Crippen LogP contribution in [0.15, 0.2) is 103 Å². The Kier molecular flexibility index (Phi) is 11.4. The van der Waals surface area contributed by atoms with Gasteiger partial charge in [-0.3, -0.25) is 9.59 Å². The molecule has 62 heavy (non-hydrogen) atoms. The van der Waals surface area contributed by atoms with Crippen molar-refractivity contribution in [2.24, 2.45) is 11.8 Å². The molecule has 0 saturated carbocycles. The number of carbonyl (C=O) groups excluding carboxylic acids is 4. The normalized spacial score (nSPS) is 19.9. The van der Waals surface area contributed by atoms with Crippen LogP contribution in [0, 0.1) is 11.8 Å². The number of nitrogens with zero attached hydrogens (tertiary/aromatic N) is 5. The molecule has 2 aliphatic heterocycles. The number of rotatable bonds is 10. The molecule has 5 aromatic rings. The maximum absolute atomic E-state index is 14.0. The summed E-state index contributed by atoms with van der Waals surface area (Å²) in [4.78, 5) is 77.9. The van der Waals surface area contributed by atoms with E-state index in [-0.39, 0.29) is 35.7 Å². The van der Waals surface area contributed by atoms with Crippen molar-refractivity contribution >= 4 is 45.9 Å². The summed E-state index contributed by atoms with van der Waals surface area (Å²) in [6.45, 7) is 1.12. The molecule has 0 radical (unpaired) electrons. The lowest BCUT2D eigenvalue weighted by atomic mass is 9.93. The third-order valence-corrected chi connectivity index (χ3v) is 12.3. The topological polar surface area (TPSA) is 188 Å². The predicted molar refractivity (Wildman–Crippen MR) is 233 cm³/mol. The van der Waals surface area contributed by atoms with Gasteiger partial charge in [0, 0.05) is 41.4 Å². The largest absolute Gasteiger partial charge is 0.453 e. The van der Waals surface area contributed by atoms with Crippen molar-refractivity contribution in [3.05, 3.63) is 115 Å². The van der Waals surface area contributed by atoms with E-state index in [0.717, 1.165) is 83.0 Å². The van der Waals surface area contributed by atoms with Crippen LogP contribution in [0.2, 0.25) is 0 Å². The molecule has 2 aromatic carbocycles. The maximum atomic E-state index is 14.0. The first-order chi connectivity index (χ1) is 30.3. The number of methoxy groups -OCH3 is 2. The lowest BCUT2D eigenvalue weighted by molar-refractivity contribution is -0.135. The van der Waals surface area contributed by atoms with E-state index in [9.17, 15) is 19.2 Å². The molecule has 4 amide bonds. The minimum Gasteiger partial charge on any atom is -0.453 e. The number of allylic oxidation sites excluding steroid dienone is 4. The minimum atomic E-state index is -0.793. The standard InChI is InChI=1S/C47H49N9O6/c1-61-46(59)53-40(28-11-5-3-6-12-28)44(57)55-23-9-15-38(55)42-48-27-37(52-42)31-18-21-33-30(25-31)17-20-34(49-33)32-19-22-35-36(26-32)51-43(50-35)39-16-10-24-56(39)45(58)41(54-47(60)62-2)29-13-7-4-8-14-29/h5-8,11-14,17-22,25-29,38-41H,3-4,9-10,15-16,23-24H2,1-2H3,(H,48,52)(H,50,51)(H,53,59)(H,54,60). The minimum absolute atomic E-state index is 0.172. The molecule has 4 unspecified atom stereocenters. The van der Waals surface area contributed by atoms with Crippen molar-refractivity contribution in [2.45, 2.75) is 62.7 Å². The lowest BCUT2D eigenvalue weighted by Crippen LogP contribution is -2.51. The van der Waals surface area contributed by atoms with Gasteiger partial charge in [-0.1, -0.05) is 66.8 Å². The summed E-state index contributed by atoms with van der Waals surface area (Å²) in [6, 6.07) is 14.0. The zero-order valence-corrected chi connectivity index (χ0v) is 34.6. The van der Waals surface area contributed by atoms with Crippen LogP contribution in [0.5, 0.6) is 0 Å². The Morgan fingerprint density at radius 2 is 1.26 bits per heavy atom. The lowest BCUT2D eigenvalue weighted by Gasteiger charge is -2.31. The van der Waals surface area contributed by atoms with Gasteiger partial charge in [-0.05, 0) is 68.9 Å². The van der Waals surface area contributed by atoms with E-state index in [1.54, 1.807) is 6.20 Å². The summed E-state index contributed by atoms with van der Waals surface area (Å²) in [6.07, 6.45) is 21.0. The van der Waals surface area contributed by atoms with Gasteiger partial charge in [0.15, 0.2) is 0 Å².